The van der Waals surface area contributed by atoms with Crippen LogP contribution < -0.4 is 5.56 Å². The van der Waals surface area contributed by atoms with Gasteiger partial charge in [0, 0.05) is 23.9 Å². The van der Waals surface area contributed by atoms with Crippen molar-refractivity contribution in [2.24, 2.45) is 0 Å². The summed E-state index contributed by atoms with van der Waals surface area (Å²) in [6, 6.07) is 9.17. The van der Waals surface area contributed by atoms with Gasteiger partial charge in [-0.25, -0.2) is 9.37 Å². The van der Waals surface area contributed by atoms with Gasteiger partial charge in [-0.1, -0.05) is 6.07 Å². The molecule has 3 heterocycles. The first-order valence-corrected chi connectivity index (χ1v) is 9.93. The predicted octanol–water partition coefficient (Wildman–Crippen LogP) is 3.62. The molecule has 0 saturated heterocycles. The molecular formula is C21H16FN3O3S. The van der Waals surface area contributed by atoms with Crippen LogP contribution in [0.2, 0.25) is 0 Å². The number of benzene rings is 2. The maximum atomic E-state index is 13.7. The van der Waals surface area contributed by atoms with Crippen molar-refractivity contribution in [2.75, 3.05) is 13.7 Å². The van der Waals surface area contributed by atoms with Crippen molar-refractivity contribution in [2.45, 2.75) is 12.6 Å². The van der Waals surface area contributed by atoms with E-state index in [9.17, 15) is 14.0 Å². The first kappa shape index (κ1) is 18.0. The van der Waals surface area contributed by atoms with Gasteiger partial charge < -0.3 is 14.6 Å². The van der Waals surface area contributed by atoms with E-state index in [-0.39, 0.29) is 30.1 Å². The summed E-state index contributed by atoms with van der Waals surface area (Å²) in [5.74, 6) is -0.657. The van der Waals surface area contributed by atoms with E-state index in [2.05, 4.69) is 9.97 Å². The SMILES string of the molecule is CN(C(=O)c1ccc2scnc2c1)[C@H]1COCc2[nH]c(=O)c3cc(F)ccc3c21. The number of hydrogen-bond donors (Lipinski definition) is 1. The molecule has 2 aromatic heterocycles. The van der Waals surface area contributed by atoms with Gasteiger partial charge in [0.05, 0.1) is 40.4 Å². The molecule has 1 N–H and O–H groups in total. The molecule has 146 valence electrons. The minimum atomic E-state index is -0.479. The third-order valence-electron chi connectivity index (χ3n) is 5.33. The van der Waals surface area contributed by atoms with Crippen molar-refractivity contribution in [1.82, 2.24) is 14.9 Å². The van der Waals surface area contributed by atoms with Gasteiger partial charge in [0.15, 0.2) is 0 Å². The molecule has 4 aromatic rings. The number of carbonyl (C=O) groups excluding carboxylic acids is 1. The Morgan fingerprint density at radius 3 is 3.00 bits per heavy atom. The summed E-state index contributed by atoms with van der Waals surface area (Å²) < 4.78 is 20.4. The summed E-state index contributed by atoms with van der Waals surface area (Å²) >= 11 is 1.52. The predicted molar refractivity (Wildman–Crippen MR) is 109 cm³/mol. The topological polar surface area (TPSA) is 75.3 Å². The maximum Gasteiger partial charge on any atom is 0.256 e. The number of aromatic nitrogens is 2. The Kier molecular flexibility index (Phi) is 4.18. The number of ether oxygens (including phenoxy) is 1. The van der Waals surface area contributed by atoms with Crippen molar-refractivity contribution in [1.29, 1.82) is 0 Å². The van der Waals surface area contributed by atoms with E-state index in [4.69, 9.17) is 4.74 Å². The number of nitrogens with one attached hydrogen (secondary N) is 1. The number of fused-ring (bicyclic) bond motifs is 4. The molecule has 8 heteroatoms. The van der Waals surface area contributed by atoms with E-state index >= 15 is 0 Å². The molecule has 0 fully saturated rings. The highest BCUT2D eigenvalue weighted by Gasteiger charge is 2.31. The molecule has 1 aliphatic heterocycles. The van der Waals surface area contributed by atoms with Crippen molar-refractivity contribution >= 4 is 38.2 Å². The minimum Gasteiger partial charge on any atom is -0.373 e. The summed E-state index contributed by atoms with van der Waals surface area (Å²) in [7, 11) is 1.71. The Bertz CT molecular complexity index is 1330. The summed E-state index contributed by atoms with van der Waals surface area (Å²) in [5.41, 5.74) is 4.08. The van der Waals surface area contributed by atoms with Crippen molar-refractivity contribution in [3.05, 3.63) is 74.9 Å². The number of amides is 1. The molecule has 1 aliphatic rings. The number of hydrogen-bond acceptors (Lipinski definition) is 5. The summed E-state index contributed by atoms with van der Waals surface area (Å²) in [5, 5.41) is 0.897. The zero-order chi connectivity index (χ0) is 20.1. The van der Waals surface area contributed by atoms with Crippen LogP contribution in [0.4, 0.5) is 4.39 Å². The molecule has 0 bridgehead atoms. The number of rotatable bonds is 2. The lowest BCUT2D eigenvalue weighted by Crippen LogP contribution is -2.37. The third-order valence-corrected chi connectivity index (χ3v) is 6.14. The van der Waals surface area contributed by atoms with Crippen molar-refractivity contribution in [3.63, 3.8) is 0 Å². The van der Waals surface area contributed by atoms with Gasteiger partial charge in [-0.3, -0.25) is 9.59 Å². The van der Waals surface area contributed by atoms with Gasteiger partial charge in [0.1, 0.15) is 5.82 Å². The summed E-state index contributed by atoms with van der Waals surface area (Å²) in [6.45, 7) is 0.522. The van der Waals surface area contributed by atoms with Crippen LogP contribution in [0, 0.1) is 5.82 Å². The Morgan fingerprint density at radius 2 is 2.14 bits per heavy atom. The second kappa shape index (κ2) is 6.75. The molecule has 0 aliphatic carbocycles. The zero-order valence-electron chi connectivity index (χ0n) is 15.4. The van der Waals surface area contributed by atoms with Gasteiger partial charge in [-0.05, 0) is 35.7 Å². The number of likely N-dealkylation sites (N-methyl/N-ethyl adjacent to an activating group) is 1. The lowest BCUT2D eigenvalue weighted by Gasteiger charge is -2.33. The molecule has 1 amide bonds. The van der Waals surface area contributed by atoms with Gasteiger partial charge in [0.25, 0.3) is 11.5 Å². The molecule has 0 radical (unpaired) electrons. The van der Waals surface area contributed by atoms with Crippen LogP contribution >= 0.6 is 11.3 Å². The third kappa shape index (κ3) is 2.92. The average molecular weight is 409 g/mol. The number of nitrogens with zero attached hydrogens (tertiary/aromatic N) is 2. The highest BCUT2D eigenvalue weighted by atomic mass is 32.1. The van der Waals surface area contributed by atoms with Gasteiger partial charge in [-0.2, -0.15) is 0 Å². The lowest BCUT2D eigenvalue weighted by atomic mass is 9.95. The zero-order valence-corrected chi connectivity index (χ0v) is 16.3. The van der Waals surface area contributed by atoms with Gasteiger partial charge in [0.2, 0.25) is 0 Å². The summed E-state index contributed by atoms with van der Waals surface area (Å²) in [4.78, 5) is 34.2. The number of H-pyrrole nitrogens is 1. The Balaban J connectivity index is 1.60. The van der Waals surface area contributed by atoms with Crippen LogP contribution in [-0.4, -0.2) is 34.4 Å². The molecular weight excluding hydrogens is 393 g/mol. The molecule has 6 nitrogen and oxygen atoms in total. The number of halogens is 1. The van der Waals surface area contributed by atoms with Crippen LogP contribution in [-0.2, 0) is 11.3 Å². The summed E-state index contributed by atoms with van der Waals surface area (Å²) in [6.07, 6.45) is 0. The standard InChI is InChI=1S/C21H16FN3O3S/c1-25(21(27)11-2-5-18-15(6-11)23-10-29-18)17-9-28-8-16-19(17)13-4-3-12(22)7-14(13)20(26)24-16/h2-7,10,17H,8-9H2,1H3,(H,24,26)/t17-/m0/s1. The van der Waals surface area contributed by atoms with E-state index in [1.165, 1.54) is 23.5 Å². The normalized spacial score (nSPS) is 16.1. The van der Waals surface area contributed by atoms with E-state index in [1.54, 1.807) is 35.7 Å². The minimum absolute atomic E-state index is 0.178. The Hall–Kier alpha value is -3.10. The molecule has 0 spiro atoms. The van der Waals surface area contributed by atoms with Crippen LogP contribution in [0.1, 0.15) is 27.7 Å². The number of carbonyl (C=O) groups is 1. The Morgan fingerprint density at radius 1 is 1.28 bits per heavy atom. The van der Waals surface area contributed by atoms with E-state index in [0.717, 1.165) is 15.8 Å². The first-order valence-electron chi connectivity index (χ1n) is 9.05. The van der Waals surface area contributed by atoms with E-state index in [0.29, 0.717) is 16.6 Å². The molecule has 29 heavy (non-hydrogen) atoms. The van der Waals surface area contributed by atoms with Gasteiger partial charge in [-0.15, -0.1) is 11.3 Å². The van der Waals surface area contributed by atoms with Gasteiger partial charge >= 0.3 is 0 Å². The second-order valence-corrected chi connectivity index (χ2v) is 7.90. The Labute approximate surface area is 168 Å². The second-order valence-electron chi connectivity index (χ2n) is 7.02. The smallest absolute Gasteiger partial charge is 0.256 e. The number of thiazole rings is 1. The monoisotopic (exact) mass is 409 g/mol. The van der Waals surface area contributed by atoms with Crippen LogP contribution in [0.15, 0.2) is 46.7 Å². The fraction of sp³-hybridized carbons (Fsp3) is 0.190. The van der Waals surface area contributed by atoms with E-state index in [1.807, 2.05) is 6.07 Å². The molecule has 2 aromatic carbocycles. The molecule has 0 saturated carbocycles. The van der Waals surface area contributed by atoms with Crippen molar-refractivity contribution < 1.29 is 13.9 Å². The van der Waals surface area contributed by atoms with Crippen LogP contribution in [0.25, 0.3) is 21.0 Å². The number of pyridine rings is 1. The largest absolute Gasteiger partial charge is 0.373 e. The maximum absolute atomic E-state index is 13.7. The first-order chi connectivity index (χ1) is 14.0. The lowest BCUT2D eigenvalue weighted by molar-refractivity contribution is 0.0336. The molecule has 5 rings (SSSR count). The highest BCUT2D eigenvalue weighted by molar-refractivity contribution is 7.16. The van der Waals surface area contributed by atoms with Crippen LogP contribution in [0.3, 0.4) is 0 Å². The molecule has 1 atom stereocenters. The van der Waals surface area contributed by atoms with Crippen LogP contribution in [0.5, 0.6) is 0 Å². The quantitative estimate of drug-likeness (QED) is 0.549. The fourth-order valence-corrected chi connectivity index (χ4v) is 4.52. The molecule has 0 unspecified atom stereocenters. The highest BCUT2D eigenvalue weighted by Crippen LogP contribution is 2.34. The average Bonchev–Trinajstić information content (AvgIpc) is 3.20. The number of aromatic amines is 1. The van der Waals surface area contributed by atoms with E-state index < -0.39 is 11.9 Å². The fourth-order valence-electron chi connectivity index (χ4n) is 3.87. The van der Waals surface area contributed by atoms with Crippen molar-refractivity contribution in [3.8, 4) is 0 Å².